The molecule has 1 aromatic carbocycles. The predicted molar refractivity (Wildman–Crippen MR) is 51.7 cm³/mol. The standard InChI is InChI=1S/C11H5F3NO2/c12-11(13,14)9-8(6-16)17-15-10(9)7-4-2-1-3-5-7/h1-5H. The first-order valence-electron chi connectivity index (χ1n) is 4.54. The van der Waals surface area contributed by atoms with E-state index in [-0.39, 0.29) is 5.56 Å². The lowest BCUT2D eigenvalue weighted by atomic mass is 10.1. The number of halogens is 3. The second-order valence-electron chi connectivity index (χ2n) is 3.20. The average Bonchev–Trinajstić information content (AvgIpc) is 2.73. The van der Waals surface area contributed by atoms with Crippen LogP contribution in [0.3, 0.4) is 0 Å². The lowest BCUT2D eigenvalue weighted by Gasteiger charge is -2.05. The maximum absolute atomic E-state index is 12.7. The van der Waals surface area contributed by atoms with E-state index in [2.05, 4.69) is 9.68 Å². The maximum Gasteiger partial charge on any atom is 0.422 e. The van der Waals surface area contributed by atoms with Gasteiger partial charge >= 0.3 is 6.18 Å². The van der Waals surface area contributed by atoms with Crippen molar-refractivity contribution in [2.24, 2.45) is 0 Å². The van der Waals surface area contributed by atoms with Crippen LogP contribution in [0.1, 0.15) is 11.3 Å². The zero-order valence-corrected chi connectivity index (χ0v) is 8.28. The van der Waals surface area contributed by atoms with Crippen molar-refractivity contribution in [1.29, 1.82) is 0 Å². The molecular formula is C11H5F3NO2. The molecule has 0 N–H and O–H groups in total. The van der Waals surface area contributed by atoms with Crippen molar-refractivity contribution < 1.29 is 22.5 Å². The van der Waals surface area contributed by atoms with Crippen LogP contribution in [0.2, 0.25) is 0 Å². The van der Waals surface area contributed by atoms with Crippen LogP contribution in [-0.4, -0.2) is 11.4 Å². The molecule has 1 radical (unpaired) electrons. The van der Waals surface area contributed by atoms with Crippen LogP contribution in [0.15, 0.2) is 34.9 Å². The number of alkyl halides is 3. The minimum atomic E-state index is -4.71. The monoisotopic (exact) mass is 240 g/mol. The van der Waals surface area contributed by atoms with Gasteiger partial charge in [-0.3, -0.25) is 4.79 Å². The van der Waals surface area contributed by atoms with Gasteiger partial charge in [0.2, 0.25) is 5.76 Å². The first-order chi connectivity index (χ1) is 8.04. The number of carbonyl (C=O) groups excluding carboxylic acids is 1. The van der Waals surface area contributed by atoms with Crippen LogP contribution in [0.25, 0.3) is 11.3 Å². The highest BCUT2D eigenvalue weighted by molar-refractivity contribution is 5.79. The normalized spacial score (nSPS) is 11.5. The molecule has 0 atom stereocenters. The molecule has 0 saturated carbocycles. The van der Waals surface area contributed by atoms with Gasteiger partial charge in [0, 0.05) is 5.56 Å². The van der Waals surface area contributed by atoms with Gasteiger partial charge < -0.3 is 4.52 Å². The summed E-state index contributed by atoms with van der Waals surface area (Å²) in [7, 11) is 0. The van der Waals surface area contributed by atoms with Gasteiger partial charge in [0.25, 0.3) is 6.29 Å². The van der Waals surface area contributed by atoms with E-state index in [1.54, 1.807) is 18.2 Å². The Balaban J connectivity index is 2.64. The smallest absolute Gasteiger partial charge is 0.351 e. The molecule has 0 spiro atoms. The minimum Gasteiger partial charge on any atom is -0.351 e. The Morgan fingerprint density at radius 2 is 1.82 bits per heavy atom. The van der Waals surface area contributed by atoms with E-state index in [9.17, 15) is 18.0 Å². The third-order valence-corrected chi connectivity index (χ3v) is 2.12. The van der Waals surface area contributed by atoms with E-state index < -0.39 is 23.2 Å². The van der Waals surface area contributed by atoms with Crippen molar-refractivity contribution in [3.05, 3.63) is 41.7 Å². The molecule has 0 fully saturated rings. The maximum atomic E-state index is 12.7. The Hall–Kier alpha value is -2.11. The summed E-state index contributed by atoms with van der Waals surface area (Å²) >= 11 is 0. The molecule has 87 valence electrons. The molecule has 2 rings (SSSR count). The number of aromatic nitrogens is 1. The van der Waals surface area contributed by atoms with Crippen LogP contribution in [0, 0.1) is 0 Å². The number of hydrogen-bond donors (Lipinski definition) is 0. The molecule has 0 saturated heterocycles. The summed E-state index contributed by atoms with van der Waals surface area (Å²) in [5, 5.41) is 3.27. The van der Waals surface area contributed by atoms with Gasteiger partial charge in [0.05, 0.1) is 0 Å². The zero-order valence-electron chi connectivity index (χ0n) is 8.28. The van der Waals surface area contributed by atoms with Crippen molar-refractivity contribution in [1.82, 2.24) is 5.16 Å². The molecule has 1 aromatic heterocycles. The van der Waals surface area contributed by atoms with E-state index in [1.807, 2.05) is 0 Å². The van der Waals surface area contributed by atoms with E-state index >= 15 is 0 Å². The topological polar surface area (TPSA) is 43.1 Å². The largest absolute Gasteiger partial charge is 0.422 e. The summed E-state index contributed by atoms with van der Waals surface area (Å²) in [5.41, 5.74) is -1.37. The first-order valence-corrected chi connectivity index (χ1v) is 4.54. The number of benzene rings is 1. The van der Waals surface area contributed by atoms with Gasteiger partial charge in [-0.2, -0.15) is 13.2 Å². The summed E-state index contributed by atoms with van der Waals surface area (Å²) < 4.78 is 42.5. The van der Waals surface area contributed by atoms with Crippen molar-refractivity contribution in [3.63, 3.8) is 0 Å². The third kappa shape index (κ3) is 2.06. The Morgan fingerprint density at radius 3 is 2.35 bits per heavy atom. The SMILES string of the molecule is O=[C]c1onc(-c2ccccc2)c1C(F)(F)F. The molecule has 0 aliphatic carbocycles. The molecule has 0 aliphatic heterocycles. The lowest BCUT2D eigenvalue weighted by Crippen LogP contribution is -2.08. The van der Waals surface area contributed by atoms with Gasteiger partial charge in [0.15, 0.2) is 0 Å². The summed E-state index contributed by atoms with van der Waals surface area (Å²) in [5.74, 6) is -0.934. The number of rotatable bonds is 2. The molecule has 0 bridgehead atoms. The number of hydrogen-bond acceptors (Lipinski definition) is 3. The fourth-order valence-corrected chi connectivity index (χ4v) is 1.42. The molecule has 0 unspecified atom stereocenters. The predicted octanol–water partition coefficient (Wildman–Crippen LogP) is 2.82. The van der Waals surface area contributed by atoms with Gasteiger partial charge in [-0.25, -0.2) is 0 Å². The lowest BCUT2D eigenvalue weighted by molar-refractivity contribution is -0.137. The van der Waals surface area contributed by atoms with Crippen LogP contribution < -0.4 is 0 Å². The summed E-state index contributed by atoms with van der Waals surface area (Å²) in [6.45, 7) is 0. The summed E-state index contributed by atoms with van der Waals surface area (Å²) in [6, 6.07) is 7.68. The quantitative estimate of drug-likeness (QED) is 0.810. The van der Waals surface area contributed by atoms with Crippen LogP contribution in [0.5, 0.6) is 0 Å². The minimum absolute atomic E-state index is 0.227. The van der Waals surface area contributed by atoms with Crippen LogP contribution in [0.4, 0.5) is 13.2 Å². The highest BCUT2D eigenvalue weighted by Crippen LogP contribution is 2.38. The van der Waals surface area contributed by atoms with Crippen molar-refractivity contribution in [2.75, 3.05) is 0 Å². The van der Waals surface area contributed by atoms with E-state index in [1.165, 1.54) is 12.1 Å². The van der Waals surface area contributed by atoms with Gasteiger partial charge in [-0.05, 0) is 0 Å². The van der Waals surface area contributed by atoms with E-state index in [0.29, 0.717) is 0 Å². The molecule has 0 aliphatic rings. The molecular weight excluding hydrogens is 235 g/mol. The fraction of sp³-hybridized carbons (Fsp3) is 0.0909. The zero-order chi connectivity index (χ0) is 12.5. The van der Waals surface area contributed by atoms with Gasteiger partial charge in [-0.15, -0.1) is 0 Å². The second-order valence-corrected chi connectivity index (χ2v) is 3.20. The molecule has 0 amide bonds. The van der Waals surface area contributed by atoms with E-state index in [0.717, 1.165) is 6.29 Å². The Labute approximate surface area is 93.8 Å². The van der Waals surface area contributed by atoms with Crippen molar-refractivity contribution in [2.45, 2.75) is 6.18 Å². The van der Waals surface area contributed by atoms with Crippen LogP contribution >= 0.6 is 0 Å². The molecule has 17 heavy (non-hydrogen) atoms. The van der Waals surface area contributed by atoms with Gasteiger partial charge in [-0.1, -0.05) is 35.5 Å². The first kappa shape index (κ1) is 11.4. The third-order valence-electron chi connectivity index (χ3n) is 2.12. The van der Waals surface area contributed by atoms with E-state index in [4.69, 9.17) is 0 Å². The van der Waals surface area contributed by atoms with Crippen molar-refractivity contribution in [3.8, 4) is 11.3 Å². The molecule has 2 aromatic rings. The Bertz CT molecular complexity index is 531. The second kappa shape index (κ2) is 4.04. The highest BCUT2D eigenvalue weighted by atomic mass is 19.4. The average molecular weight is 240 g/mol. The Kier molecular flexibility index (Phi) is 2.71. The molecule has 3 nitrogen and oxygen atoms in total. The van der Waals surface area contributed by atoms with Crippen molar-refractivity contribution >= 4 is 6.29 Å². The van der Waals surface area contributed by atoms with Crippen LogP contribution in [-0.2, 0) is 11.0 Å². The number of nitrogens with zero attached hydrogens (tertiary/aromatic N) is 1. The highest BCUT2D eigenvalue weighted by Gasteiger charge is 2.40. The summed E-state index contributed by atoms with van der Waals surface area (Å²) in [4.78, 5) is 10.4. The Morgan fingerprint density at radius 1 is 1.18 bits per heavy atom. The molecule has 1 heterocycles. The van der Waals surface area contributed by atoms with Gasteiger partial charge in [0.1, 0.15) is 11.3 Å². The fourth-order valence-electron chi connectivity index (χ4n) is 1.42. The summed E-state index contributed by atoms with van der Waals surface area (Å²) in [6.07, 6.45) is -3.62. The molecule has 6 heteroatoms.